The average Bonchev–Trinajstić information content (AvgIpc) is 4.00. The molecular formula is C59H39N5O. The van der Waals surface area contributed by atoms with E-state index < -0.39 is 5.41 Å². The maximum atomic E-state index is 6.19. The third-order valence-corrected chi connectivity index (χ3v) is 12.5. The molecule has 306 valence electrons. The molecule has 0 saturated heterocycles. The zero-order valence-electron chi connectivity index (χ0n) is 35.2. The minimum Gasteiger partial charge on any atom is -0.416 e. The Kier molecular flexibility index (Phi) is 9.27. The van der Waals surface area contributed by atoms with E-state index in [1.165, 1.54) is 33.4 Å². The van der Waals surface area contributed by atoms with E-state index in [2.05, 4.69) is 179 Å². The summed E-state index contributed by atoms with van der Waals surface area (Å²) in [4.78, 5) is 12.7. The van der Waals surface area contributed by atoms with Crippen LogP contribution >= 0.6 is 0 Å². The van der Waals surface area contributed by atoms with E-state index in [0.29, 0.717) is 11.8 Å². The minimum absolute atomic E-state index is 0.461. The summed E-state index contributed by atoms with van der Waals surface area (Å²) >= 11 is 0. The summed E-state index contributed by atoms with van der Waals surface area (Å²) in [6.45, 7) is 0. The van der Waals surface area contributed by atoms with Crippen molar-refractivity contribution < 1.29 is 4.42 Å². The van der Waals surface area contributed by atoms with Gasteiger partial charge in [0, 0.05) is 39.3 Å². The van der Waals surface area contributed by atoms with E-state index in [1.54, 1.807) is 0 Å². The van der Waals surface area contributed by atoms with E-state index in [-0.39, 0.29) is 0 Å². The predicted molar refractivity (Wildman–Crippen MR) is 261 cm³/mol. The Morgan fingerprint density at radius 1 is 0.338 bits per heavy atom. The molecule has 0 bridgehead atoms. The smallest absolute Gasteiger partial charge is 0.248 e. The molecule has 9 aromatic carbocycles. The van der Waals surface area contributed by atoms with Gasteiger partial charge in [-0.1, -0.05) is 164 Å². The van der Waals surface area contributed by atoms with E-state index in [9.17, 15) is 0 Å². The number of para-hydroxylation sites is 2. The van der Waals surface area contributed by atoms with E-state index in [0.717, 1.165) is 61.7 Å². The molecule has 2 aromatic heterocycles. The van der Waals surface area contributed by atoms with Gasteiger partial charge < -0.3 is 9.32 Å². The molecule has 0 radical (unpaired) electrons. The van der Waals surface area contributed by atoms with Crippen LogP contribution in [0.2, 0.25) is 0 Å². The molecule has 0 N–H and O–H groups in total. The van der Waals surface area contributed by atoms with Gasteiger partial charge in [-0.05, 0) is 106 Å². The molecule has 0 amide bonds. The second-order valence-electron chi connectivity index (χ2n) is 16.2. The lowest BCUT2D eigenvalue weighted by atomic mass is 9.67. The molecule has 12 rings (SSSR count). The van der Waals surface area contributed by atoms with Crippen LogP contribution in [0.1, 0.15) is 22.3 Å². The summed E-state index contributed by atoms with van der Waals surface area (Å²) in [5.41, 5.74) is 16.9. The Labute approximate surface area is 376 Å². The molecule has 11 aromatic rings. The van der Waals surface area contributed by atoms with Gasteiger partial charge in [0.1, 0.15) is 0 Å². The molecule has 0 saturated carbocycles. The lowest BCUT2D eigenvalue weighted by molar-refractivity contribution is 0.584. The van der Waals surface area contributed by atoms with Crippen molar-refractivity contribution in [3.8, 4) is 56.6 Å². The first-order chi connectivity index (χ1) is 32.2. The van der Waals surface area contributed by atoms with Crippen molar-refractivity contribution in [3.05, 3.63) is 259 Å². The van der Waals surface area contributed by atoms with Gasteiger partial charge in [-0.2, -0.15) is 0 Å². The summed E-state index contributed by atoms with van der Waals surface area (Å²) in [5, 5.41) is 8.80. The number of rotatable bonds is 9. The molecule has 1 aliphatic carbocycles. The largest absolute Gasteiger partial charge is 0.416 e. The fraction of sp³-hybridized carbons (Fsp3) is 0.0169. The summed E-state index contributed by atoms with van der Waals surface area (Å²) in [7, 11) is 0. The first-order valence-corrected chi connectivity index (χ1v) is 21.8. The third kappa shape index (κ3) is 6.50. The van der Waals surface area contributed by atoms with E-state index in [1.807, 2.05) is 72.8 Å². The summed E-state index contributed by atoms with van der Waals surface area (Å²) in [6, 6.07) is 82.9. The van der Waals surface area contributed by atoms with Gasteiger partial charge in [0.15, 0.2) is 0 Å². The first-order valence-electron chi connectivity index (χ1n) is 21.8. The second kappa shape index (κ2) is 15.9. The molecular weight excluding hydrogens is 795 g/mol. The predicted octanol–water partition coefficient (Wildman–Crippen LogP) is 14.5. The van der Waals surface area contributed by atoms with Crippen molar-refractivity contribution in [2.45, 2.75) is 5.41 Å². The monoisotopic (exact) mass is 833 g/mol. The molecule has 6 nitrogen and oxygen atoms in total. The van der Waals surface area contributed by atoms with Gasteiger partial charge in [-0.3, -0.25) is 0 Å². The molecule has 2 heterocycles. The van der Waals surface area contributed by atoms with Crippen LogP contribution < -0.4 is 4.90 Å². The number of aromatic nitrogens is 4. The van der Waals surface area contributed by atoms with Crippen molar-refractivity contribution in [2.24, 2.45) is 0 Å². The van der Waals surface area contributed by atoms with Crippen molar-refractivity contribution in [3.63, 3.8) is 0 Å². The number of benzene rings is 9. The first kappa shape index (κ1) is 38.0. The van der Waals surface area contributed by atoms with Crippen LogP contribution in [0.3, 0.4) is 0 Å². The van der Waals surface area contributed by atoms with Gasteiger partial charge in [0.2, 0.25) is 11.8 Å². The number of fused-ring (bicyclic) bond motifs is 4. The van der Waals surface area contributed by atoms with Crippen LogP contribution in [0.15, 0.2) is 241 Å². The zero-order chi connectivity index (χ0) is 43.2. The standard InChI is InChI=1S/C59H39N5O/c1-5-17-40(18-6-1)55-56(61-54-28-16-15-27-53(54)60-55)41-29-33-46(34-30-41)64(47-35-31-43(32-36-47)58-63-62-57(65-58)42-19-7-2-8-20-42)48-37-38-50-49-25-13-14-26-51(49)59(52(50)39-48,44-21-9-3-10-22-44)45-23-11-4-12-24-45/h1-39H. The van der Waals surface area contributed by atoms with Crippen LogP contribution in [-0.2, 0) is 5.41 Å². The Morgan fingerprint density at radius 2 is 0.754 bits per heavy atom. The molecule has 0 fully saturated rings. The lowest BCUT2D eigenvalue weighted by Gasteiger charge is -2.35. The quantitative estimate of drug-likeness (QED) is 0.144. The molecule has 0 spiro atoms. The van der Waals surface area contributed by atoms with Gasteiger partial charge in [-0.15, -0.1) is 10.2 Å². The normalized spacial score (nSPS) is 12.4. The van der Waals surface area contributed by atoms with Crippen molar-refractivity contribution in [1.82, 2.24) is 20.2 Å². The van der Waals surface area contributed by atoms with Crippen LogP contribution in [0.25, 0.3) is 67.6 Å². The molecule has 6 heteroatoms. The number of anilines is 3. The molecule has 0 unspecified atom stereocenters. The summed E-state index contributed by atoms with van der Waals surface area (Å²) in [5.74, 6) is 0.945. The Bertz CT molecular complexity index is 3420. The highest BCUT2D eigenvalue weighted by molar-refractivity contribution is 5.91. The third-order valence-electron chi connectivity index (χ3n) is 12.5. The van der Waals surface area contributed by atoms with E-state index >= 15 is 0 Å². The maximum absolute atomic E-state index is 6.19. The minimum atomic E-state index is -0.555. The maximum Gasteiger partial charge on any atom is 0.248 e. The van der Waals surface area contributed by atoms with Crippen molar-refractivity contribution >= 4 is 28.1 Å². The average molecular weight is 834 g/mol. The highest BCUT2D eigenvalue weighted by Gasteiger charge is 2.46. The van der Waals surface area contributed by atoms with Crippen LogP contribution in [0.4, 0.5) is 17.1 Å². The summed E-state index contributed by atoms with van der Waals surface area (Å²) < 4.78 is 6.19. The van der Waals surface area contributed by atoms with Crippen molar-refractivity contribution in [1.29, 1.82) is 0 Å². The Hall–Kier alpha value is -8.74. The van der Waals surface area contributed by atoms with E-state index in [4.69, 9.17) is 14.4 Å². The lowest BCUT2D eigenvalue weighted by Crippen LogP contribution is -2.28. The van der Waals surface area contributed by atoms with Crippen LogP contribution in [-0.4, -0.2) is 20.2 Å². The topological polar surface area (TPSA) is 67.9 Å². The number of nitrogens with zero attached hydrogens (tertiary/aromatic N) is 5. The molecule has 1 aliphatic rings. The van der Waals surface area contributed by atoms with Gasteiger partial charge in [0.25, 0.3) is 0 Å². The number of hydrogen-bond acceptors (Lipinski definition) is 6. The van der Waals surface area contributed by atoms with Crippen LogP contribution in [0.5, 0.6) is 0 Å². The molecule has 65 heavy (non-hydrogen) atoms. The highest BCUT2D eigenvalue weighted by atomic mass is 16.4. The van der Waals surface area contributed by atoms with Crippen LogP contribution in [0, 0.1) is 0 Å². The molecule has 0 atom stereocenters. The Balaban J connectivity index is 1.02. The summed E-state index contributed by atoms with van der Waals surface area (Å²) in [6.07, 6.45) is 0. The van der Waals surface area contributed by atoms with Gasteiger partial charge >= 0.3 is 0 Å². The highest BCUT2D eigenvalue weighted by Crippen LogP contribution is 2.57. The number of hydrogen-bond donors (Lipinski definition) is 0. The Morgan fingerprint density at radius 3 is 1.32 bits per heavy atom. The van der Waals surface area contributed by atoms with Crippen molar-refractivity contribution in [2.75, 3.05) is 4.90 Å². The second-order valence-corrected chi connectivity index (χ2v) is 16.2. The zero-order valence-corrected chi connectivity index (χ0v) is 35.2. The van der Waals surface area contributed by atoms with Gasteiger partial charge in [-0.25, -0.2) is 9.97 Å². The van der Waals surface area contributed by atoms with Gasteiger partial charge in [0.05, 0.1) is 27.8 Å². The fourth-order valence-electron chi connectivity index (χ4n) is 9.58. The molecule has 0 aliphatic heterocycles. The fourth-order valence-corrected chi connectivity index (χ4v) is 9.58. The SMILES string of the molecule is c1ccc(-c2nnc(-c3ccc(N(c4ccc(-c5nc6ccccc6nc5-c5ccccc5)cc4)c4ccc5c(c4)C(c4ccccc4)(c4ccccc4)c4ccccc4-5)cc3)o2)cc1.